The molecule has 2 aliphatic rings. The van der Waals surface area contributed by atoms with Crippen LogP contribution in [0.2, 0.25) is 0 Å². The fraction of sp³-hybridized carbons (Fsp3) is 0.632. The highest BCUT2D eigenvalue weighted by Crippen LogP contribution is 2.18. The molecule has 2 saturated heterocycles. The monoisotopic (exact) mass is 349 g/mol. The van der Waals surface area contributed by atoms with Gasteiger partial charge < -0.3 is 19.8 Å². The third-order valence-electron chi connectivity index (χ3n) is 5.43. The van der Waals surface area contributed by atoms with Crippen LogP contribution in [-0.4, -0.2) is 73.2 Å². The van der Waals surface area contributed by atoms with E-state index in [0.29, 0.717) is 12.3 Å². The number of carbonyl (C=O) groups excluding carboxylic acids is 1. The van der Waals surface area contributed by atoms with Crippen LogP contribution in [0, 0.1) is 11.7 Å². The molecule has 2 fully saturated rings. The van der Waals surface area contributed by atoms with E-state index < -0.39 is 0 Å². The van der Waals surface area contributed by atoms with Gasteiger partial charge in [0.05, 0.1) is 0 Å². The van der Waals surface area contributed by atoms with Crippen molar-refractivity contribution in [2.24, 2.45) is 5.92 Å². The average Bonchev–Trinajstić information content (AvgIpc) is 2.67. The van der Waals surface area contributed by atoms with Crippen LogP contribution < -0.4 is 4.90 Å². The van der Waals surface area contributed by atoms with Gasteiger partial charge in [-0.25, -0.2) is 4.39 Å². The van der Waals surface area contributed by atoms with Crippen LogP contribution >= 0.6 is 0 Å². The molecule has 0 aromatic heterocycles. The number of piperidine rings is 1. The molecule has 1 amide bonds. The molecule has 138 valence electrons. The first-order valence-electron chi connectivity index (χ1n) is 9.27. The highest BCUT2D eigenvalue weighted by Gasteiger charge is 2.23. The van der Waals surface area contributed by atoms with Gasteiger partial charge >= 0.3 is 0 Å². The van der Waals surface area contributed by atoms with Crippen molar-refractivity contribution < 1.29 is 14.3 Å². The summed E-state index contributed by atoms with van der Waals surface area (Å²) in [6.07, 6.45) is 2.63. The zero-order valence-corrected chi connectivity index (χ0v) is 14.7. The van der Waals surface area contributed by atoms with Crippen LogP contribution in [0.5, 0.6) is 0 Å². The number of anilines is 1. The fourth-order valence-electron chi connectivity index (χ4n) is 3.67. The van der Waals surface area contributed by atoms with Crippen LogP contribution in [-0.2, 0) is 4.79 Å². The van der Waals surface area contributed by atoms with Crippen LogP contribution in [0.15, 0.2) is 24.3 Å². The van der Waals surface area contributed by atoms with Gasteiger partial charge in [-0.2, -0.15) is 0 Å². The lowest BCUT2D eigenvalue weighted by Crippen LogP contribution is -2.49. The number of piperazine rings is 1. The summed E-state index contributed by atoms with van der Waals surface area (Å²) >= 11 is 0. The highest BCUT2D eigenvalue weighted by molar-refractivity contribution is 5.76. The number of nitrogens with zero attached hydrogens (tertiary/aromatic N) is 3. The Morgan fingerprint density at radius 1 is 1.04 bits per heavy atom. The summed E-state index contributed by atoms with van der Waals surface area (Å²) in [4.78, 5) is 18.9. The number of hydrogen-bond donors (Lipinski definition) is 1. The molecule has 6 heteroatoms. The van der Waals surface area contributed by atoms with Gasteiger partial charge in [0.25, 0.3) is 0 Å². The molecule has 1 aromatic rings. The Morgan fingerprint density at radius 2 is 1.68 bits per heavy atom. The van der Waals surface area contributed by atoms with Crippen LogP contribution in [0.25, 0.3) is 0 Å². The van der Waals surface area contributed by atoms with Gasteiger partial charge in [0.2, 0.25) is 5.91 Å². The summed E-state index contributed by atoms with van der Waals surface area (Å²) in [6.45, 7) is 6.10. The average molecular weight is 349 g/mol. The number of carbonyl (C=O) groups is 1. The molecule has 5 nitrogen and oxygen atoms in total. The van der Waals surface area contributed by atoms with E-state index >= 15 is 0 Å². The van der Waals surface area contributed by atoms with Crippen molar-refractivity contribution in [3.8, 4) is 0 Å². The topological polar surface area (TPSA) is 47.0 Å². The minimum atomic E-state index is -0.222. The summed E-state index contributed by atoms with van der Waals surface area (Å²) in [5.74, 6) is 0.440. The fourth-order valence-corrected chi connectivity index (χ4v) is 3.67. The van der Waals surface area contributed by atoms with Gasteiger partial charge in [-0.15, -0.1) is 0 Å². The molecular formula is C19H28FN3O2. The van der Waals surface area contributed by atoms with E-state index in [1.165, 1.54) is 12.1 Å². The van der Waals surface area contributed by atoms with E-state index in [1.54, 1.807) is 12.1 Å². The van der Waals surface area contributed by atoms with Gasteiger partial charge in [-0.1, -0.05) is 0 Å². The minimum Gasteiger partial charge on any atom is -0.396 e. The summed E-state index contributed by atoms with van der Waals surface area (Å²) in [6, 6.07) is 6.55. The zero-order valence-electron chi connectivity index (χ0n) is 14.7. The maximum Gasteiger partial charge on any atom is 0.223 e. The second-order valence-electron chi connectivity index (χ2n) is 7.06. The van der Waals surface area contributed by atoms with Crippen molar-refractivity contribution in [3.63, 3.8) is 0 Å². The maximum absolute atomic E-state index is 13.0. The standard InChI is InChI=1S/C19H28FN3O2/c20-17-1-3-18(4-2-17)22-11-13-23(14-12-22)19(25)7-10-21-8-5-16(15-24)6-9-21/h1-4,16,24H,5-15H2. The molecule has 0 unspecified atom stereocenters. The number of benzene rings is 1. The predicted octanol–water partition coefficient (Wildman–Crippen LogP) is 1.57. The summed E-state index contributed by atoms with van der Waals surface area (Å²) in [7, 11) is 0. The third kappa shape index (κ3) is 4.92. The third-order valence-corrected chi connectivity index (χ3v) is 5.43. The smallest absolute Gasteiger partial charge is 0.223 e. The number of aliphatic hydroxyl groups is 1. The minimum absolute atomic E-state index is 0.222. The molecular weight excluding hydrogens is 321 g/mol. The second kappa shape index (κ2) is 8.63. The molecule has 0 atom stereocenters. The van der Waals surface area contributed by atoms with Crippen molar-refractivity contribution >= 4 is 11.6 Å². The van der Waals surface area contributed by atoms with Crippen molar-refractivity contribution in [3.05, 3.63) is 30.1 Å². The Hall–Kier alpha value is -1.66. The van der Waals surface area contributed by atoms with E-state index in [9.17, 15) is 14.3 Å². The van der Waals surface area contributed by atoms with Crippen molar-refractivity contribution in [2.45, 2.75) is 19.3 Å². The molecule has 25 heavy (non-hydrogen) atoms. The maximum atomic E-state index is 13.0. The van der Waals surface area contributed by atoms with E-state index in [1.807, 2.05) is 4.90 Å². The van der Waals surface area contributed by atoms with Crippen LogP contribution in [0.1, 0.15) is 19.3 Å². The Morgan fingerprint density at radius 3 is 2.28 bits per heavy atom. The largest absolute Gasteiger partial charge is 0.396 e. The zero-order chi connectivity index (χ0) is 17.6. The van der Waals surface area contributed by atoms with Crippen LogP contribution in [0.3, 0.4) is 0 Å². The highest BCUT2D eigenvalue weighted by atomic mass is 19.1. The molecule has 1 N–H and O–H groups in total. The lowest BCUT2D eigenvalue weighted by Gasteiger charge is -2.37. The molecule has 3 rings (SSSR count). The number of hydrogen-bond acceptors (Lipinski definition) is 4. The first-order chi connectivity index (χ1) is 12.2. The number of amides is 1. The Labute approximate surface area is 149 Å². The van der Waals surface area contributed by atoms with Gasteiger partial charge in [-0.05, 0) is 56.1 Å². The molecule has 2 heterocycles. The summed E-state index contributed by atoms with van der Waals surface area (Å²) in [5.41, 5.74) is 1.01. The first kappa shape index (κ1) is 18.1. The van der Waals surface area contributed by atoms with Gasteiger partial charge in [0.1, 0.15) is 5.82 Å². The van der Waals surface area contributed by atoms with Gasteiger partial charge in [0.15, 0.2) is 0 Å². The molecule has 0 radical (unpaired) electrons. The van der Waals surface area contributed by atoms with E-state index in [2.05, 4.69) is 9.80 Å². The molecule has 0 spiro atoms. The lowest BCUT2D eigenvalue weighted by molar-refractivity contribution is -0.131. The molecule has 0 bridgehead atoms. The molecule has 0 aliphatic carbocycles. The van der Waals surface area contributed by atoms with Gasteiger partial charge in [0, 0.05) is 51.4 Å². The second-order valence-corrected chi connectivity index (χ2v) is 7.06. The number of likely N-dealkylation sites (tertiary alicyclic amines) is 1. The lowest BCUT2D eigenvalue weighted by atomic mass is 9.98. The van der Waals surface area contributed by atoms with Gasteiger partial charge in [-0.3, -0.25) is 4.79 Å². The number of halogens is 1. The quantitative estimate of drug-likeness (QED) is 0.877. The van der Waals surface area contributed by atoms with Crippen molar-refractivity contribution in [2.75, 3.05) is 57.3 Å². The van der Waals surface area contributed by atoms with E-state index in [0.717, 1.165) is 64.3 Å². The first-order valence-corrected chi connectivity index (χ1v) is 9.27. The van der Waals surface area contributed by atoms with Crippen LogP contribution in [0.4, 0.5) is 10.1 Å². The molecule has 2 aliphatic heterocycles. The number of rotatable bonds is 5. The normalized spacial score (nSPS) is 20.1. The molecule has 0 saturated carbocycles. The van der Waals surface area contributed by atoms with Crippen molar-refractivity contribution in [1.82, 2.24) is 9.80 Å². The Bertz CT molecular complexity index is 550. The molecule has 1 aromatic carbocycles. The SMILES string of the molecule is O=C(CCN1CCC(CO)CC1)N1CCN(c2ccc(F)cc2)CC1. The van der Waals surface area contributed by atoms with E-state index in [-0.39, 0.29) is 18.3 Å². The van der Waals surface area contributed by atoms with Crippen molar-refractivity contribution in [1.29, 1.82) is 0 Å². The Balaban J connectivity index is 1.39. The van der Waals surface area contributed by atoms with E-state index in [4.69, 9.17) is 0 Å². The number of aliphatic hydroxyl groups excluding tert-OH is 1. The predicted molar refractivity (Wildman–Crippen MR) is 96.1 cm³/mol. The summed E-state index contributed by atoms with van der Waals surface area (Å²) < 4.78 is 13.0. The summed E-state index contributed by atoms with van der Waals surface area (Å²) in [5, 5.41) is 9.18. The Kier molecular flexibility index (Phi) is 6.26.